The van der Waals surface area contributed by atoms with E-state index in [4.69, 9.17) is 4.74 Å². The third kappa shape index (κ3) is 3.05. The zero-order valence-corrected chi connectivity index (χ0v) is 14.3. The SMILES string of the molecule is CN1CCOc2ccc(S(=O)(=O)Nc3cccc(Br)c3)cc21. The van der Waals surface area contributed by atoms with Gasteiger partial charge in [0.05, 0.1) is 17.1 Å². The number of nitrogens with one attached hydrogen (secondary N) is 1. The van der Waals surface area contributed by atoms with Gasteiger partial charge in [0.15, 0.2) is 0 Å². The topological polar surface area (TPSA) is 58.6 Å². The molecule has 0 spiro atoms. The van der Waals surface area contributed by atoms with Crippen LogP contribution in [0.4, 0.5) is 11.4 Å². The van der Waals surface area contributed by atoms with E-state index in [0.29, 0.717) is 18.0 Å². The zero-order valence-electron chi connectivity index (χ0n) is 11.9. The maximum Gasteiger partial charge on any atom is 0.261 e. The van der Waals surface area contributed by atoms with E-state index in [1.165, 1.54) is 0 Å². The Hall–Kier alpha value is -1.73. The van der Waals surface area contributed by atoms with Crippen LogP contribution in [0.1, 0.15) is 0 Å². The molecular formula is C15H15BrN2O3S. The summed E-state index contributed by atoms with van der Waals surface area (Å²) in [5, 5.41) is 0. The summed E-state index contributed by atoms with van der Waals surface area (Å²) in [5.74, 6) is 0.704. The van der Waals surface area contributed by atoms with Crippen LogP contribution in [-0.4, -0.2) is 28.6 Å². The first kappa shape index (κ1) is 15.2. The fourth-order valence-electron chi connectivity index (χ4n) is 2.26. The molecule has 0 aliphatic carbocycles. The highest BCUT2D eigenvalue weighted by Crippen LogP contribution is 2.33. The zero-order chi connectivity index (χ0) is 15.7. The van der Waals surface area contributed by atoms with Crippen LogP contribution >= 0.6 is 15.9 Å². The minimum atomic E-state index is -3.64. The van der Waals surface area contributed by atoms with Crippen molar-refractivity contribution in [1.82, 2.24) is 0 Å². The molecule has 1 N–H and O–H groups in total. The quantitative estimate of drug-likeness (QED) is 0.885. The second-order valence-electron chi connectivity index (χ2n) is 5.02. The average Bonchev–Trinajstić information content (AvgIpc) is 2.47. The Morgan fingerprint density at radius 2 is 2.05 bits per heavy atom. The number of hydrogen-bond acceptors (Lipinski definition) is 4. The lowest BCUT2D eigenvalue weighted by atomic mass is 10.2. The highest BCUT2D eigenvalue weighted by atomic mass is 79.9. The van der Waals surface area contributed by atoms with Gasteiger partial charge in [-0.25, -0.2) is 8.42 Å². The highest BCUT2D eigenvalue weighted by Gasteiger charge is 2.20. The molecule has 0 bridgehead atoms. The molecule has 5 nitrogen and oxygen atoms in total. The first-order valence-corrected chi connectivity index (χ1v) is 9.00. The van der Waals surface area contributed by atoms with E-state index in [2.05, 4.69) is 20.7 Å². The molecule has 1 aliphatic heterocycles. The molecule has 1 aliphatic rings. The molecule has 2 aromatic carbocycles. The second-order valence-corrected chi connectivity index (χ2v) is 7.61. The van der Waals surface area contributed by atoms with Gasteiger partial charge in [0, 0.05) is 17.2 Å². The molecule has 0 amide bonds. The Morgan fingerprint density at radius 3 is 2.82 bits per heavy atom. The number of benzene rings is 2. The monoisotopic (exact) mass is 382 g/mol. The summed E-state index contributed by atoms with van der Waals surface area (Å²) >= 11 is 3.33. The van der Waals surface area contributed by atoms with Crippen molar-refractivity contribution in [1.29, 1.82) is 0 Å². The fraction of sp³-hybridized carbons (Fsp3) is 0.200. The normalized spacial score (nSPS) is 14.2. The van der Waals surface area contributed by atoms with E-state index in [1.807, 2.05) is 18.0 Å². The van der Waals surface area contributed by atoms with Crippen LogP contribution in [0.2, 0.25) is 0 Å². The number of fused-ring (bicyclic) bond motifs is 1. The van der Waals surface area contributed by atoms with E-state index >= 15 is 0 Å². The van der Waals surface area contributed by atoms with Crippen LogP contribution in [0.25, 0.3) is 0 Å². The van der Waals surface area contributed by atoms with Crippen LogP contribution < -0.4 is 14.4 Å². The third-order valence-corrected chi connectivity index (χ3v) is 5.29. The van der Waals surface area contributed by atoms with E-state index in [1.54, 1.807) is 36.4 Å². The Balaban J connectivity index is 1.94. The average molecular weight is 383 g/mol. The van der Waals surface area contributed by atoms with Gasteiger partial charge in [0.2, 0.25) is 0 Å². The molecular weight excluding hydrogens is 368 g/mol. The molecule has 0 radical (unpaired) electrons. The van der Waals surface area contributed by atoms with Crippen molar-refractivity contribution in [2.45, 2.75) is 4.90 Å². The van der Waals surface area contributed by atoms with Gasteiger partial charge in [-0.05, 0) is 36.4 Å². The molecule has 2 aromatic rings. The predicted octanol–water partition coefficient (Wildman–Crippen LogP) is 3.08. The predicted molar refractivity (Wildman–Crippen MR) is 90.2 cm³/mol. The van der Waals surface area contributed by atoms with Gasteiger partial charge < -0.3 is 9.64 Å². The maximum absolute atomic E-state index is 12.5. The molecule has 0 atom stereocenters. The Morgan fingerprint density at radius 1 is 1.23 bits per heavy atom. The molecule has 22 heavy (non-hydrogen) atoms. The van der Waals surface area contributed by atoms with Gasteiger partial charge in [-0.15, -0.1) is 0 Å². The smallest absolute Gasteiger partial charge is 0.261 e. The van der Waals surface area contributed by atoms with Gasteiger partial charge in [0.1, 0.15) is 12.4 Å². The minimum Gasteiger partial charge on any atom is -0.490 e. The maximum atomic E-state index is 12.5. The largest absolute Gasteiger partial charge is 0.490 e. The number of nitrogens with zero attached hydrogens (tertiary/aromatic N) is 1. The van der Waals surface area contributed by atoms with E-state index in [0.717, 1.165) is 16.7 Å². The second kappa shape index (κ2) is 5.81. The number of ether oxygens (including phenoxy) is 1. The lowest BCUT2D eigenvalue weighted by molar-refractivity contribution is 0.311. The van der Waals surface area contributed by atoms with E-state index in [-0.39, 0.29) is 4.90 Å². The fourth-order valence-corrected chi connectivity index (χ4v) is 3.73. The highest BCUT2D eigenvalue weighted by molar-refractivity contribution is 9.10. The summed E-state index contributed by atoms with van der Waals surface area (Å²) in [6.07, 6.45) is 0. The van der Waals surface area contributed by atoms with Gasteiger partial charge in [-0.3, -0.25) is 4.72 Å². The first-order chi connectivity index (χ1) is 10.5. The van der Waals surface area contributed by atoms with E-state index in [9.17, 15) is 8.42 Å². The standard InChI is InChI=1S/C15H15BrN2O3S/c1-18-7-8-21-15-6-5-13(10-14(15)18)22(19,20)17-12-4-2-3-11(16)9-12/h2-6,9-10,17H,7-8H2,1H3. The molecule has 0 fully saturated rings. The summed E-state index contributed by atoms with van der Waals surface area (Å²) in [4.78, 5) is 2.19. The van der Waals surface area contributed by atoms with Crippen molar-refractivity contribution >= 4 is 37.3 Å². The molecule has 116 valence electrons. The summed E-state index contributed by atoms with van der Waals surface area (Å²) in [7, 11) is -1.72. The van der Waals surface area contributed by atoms with Crippen LogP contribution in [0, 0.1) is 0 Å². The van der Waals surface area contributed by atoms with Crippen molar-refractivity contribution in [3.63, 3.8) is 0 Å². The van der Waals surface area contributed by atoms with Crippen molar-refractivity contribution in [2.75, 3.05) is 29.8 Å². The number of anilines is 2. The molecule has 1 heterocycles. The lowest BCUT2D eigenvalue weighted by Gasteiger charge is -2.28. The molecule has 0 saturated carbocycles. The Bertz CT molecular complexity index is 808. The Labute approximate surface area is 138 Å². The summed E-state index contributed by atoms with van der Waals surface area (Å²) in [6, 6.07) is 11.9. The summed E-state index contributed by atoms with van der Waals surface area (Å²) < 4.78 is 34.0. The number of hydrogen-bond donors (Lipinski definition) is 1. The van der Waals surface area contributed by atoms with Crippen molar-refractivity contribution in [2.24, 2.45) is 0 Å². The summed E-state index contributed by atoms with van der Waals surface area (Å²) in [5.41, 5.74) is 1.29. The van der Waals surface area contributed by atoms with Crippen LogP contribution in [0.3, 0.4) is 0 Å². The number of likely N-dealkylation sites (N-methyl/N-ethyl adjacent to an activating group) is 1. The van der Waals surface area contributed by atoms with E-state index < -0.39 is 10.0 Å². The number of sulfonamides is 1. The molecule has 0 saturated heterocycles. The first-order valence-electron chi connectivity index (χ1n) is 6.72. The summed E-state index contributed by atoms with van der Waals surface area (Å²) in [6.45, 7) is 1.33. The minimum absolute atomic E-state index is 0.212. The number of halogens is 1. The number of rotatable bonds is 3. The van der Waals surface area contributed by atoms with Gasteiger partial charge in [0.25, 0.3) is 10.0 Å². The van der Waals surface area contributed by atoms with Crippen molar-refractivity contribution in [3.05, 3.63) is 46.9 Å². The van der Waals surface area contributed by atoms with Gasteiger partial charge >= 0.3 is 0 Å². The Kier molecular flexibility index (Phi) is 4.01. The molecule has 0 aromatic heterocycles. The van der Waals surface area contributed by atoms with Crippen LogP contribution in [0.15, 0.2) is 51.8 Å². The third-order valence-electron chi connectivity index (χ3n) is 3.41. The lowest BCUT2D eigenvalue weighted by Crippen LogP contribution is -2.29. The van der Waals surface area contributed by atoms with Gasteiger partial charge in [-0.2, -0.15) is 0 Å². The molecule has 3 rings (SSSR count). The van der Waals surface area contributed by atoms with Crippen LogP contribution in [-0.2, 0) is 10.0 Å². The van der Waals surface area contributed by atoms with Gasteiger partial charge in [-0.1, -0.05) is 22.0 Å². The van der Waals surface area contributed by atoms with Crippen molar-refractivity contribution in [3.8, 4) is 5.75 Å². The molecule has 0 unspecified atom stereocenters. The molecule has 7 heteroatoms. The van der Waals surface area contributed by atoms with Crippen LogP contribution in [0.5, 0.6) is 5.75 Å². The van der Waals surface area contributed by atoms with Crippen molar-refractivity contribution < 1.29 is 13.2 Å².